The van der Waals surface area contributed by atoms with Crippen LogP contribution in [0.15, 0.2) is 24.3 Å². The summed E-state index contributed by atoms with van der Waals surface area (Å²) in [5.41, 5.74) is 0.535. The van der Waals surface area contributed by atoms with Gasteiger partial charge in [-0.05, 0) is 24.3 Å². The van der Waals surface area contributed by atoms with Crippen LogP contribution in [0.3, 0.4) is 0 Å². The van der Waals surface area contributed by atoms with Gasteiger partial charge in [0.25, 0.3) is 5.91 Å². The van der Waals surface area contributed by atoms with Crippen LogP contribution in [0.5, 0.6) is 0 Å². The Kier molecular flexibility index (Phi) is 5.38. The molecule has 6 heteroatoms. The fourth-order valence-corrected chi connectivity index (χ4v) is 2.08. The van der Waals surface area contributed by atoms with Crippen molar-refractivity contribution in [3.8, 4) is 0 Å². The summed E-state index contributed by atoms with van der Waals surface area (Å²) in [7, 11) is 0. The van der Waals surface area contributed by atoms with Gasteiger partial charge in [0.2, 0.25) is 5.91 Å². The summed E-state index contributed by atoms with van der Waals surface area (Å²) < 4.78 is 5.19. The SMILES string of the molecule is O=C(NCCC(=O)N1CCOCC1)c1ccc(Cl)cc1. The Morgan fingerprint density at radius 3 is 2.50 bits per heavy atom. The Hall–Kier alpha value is -1.59. The molecule has 1 heterocycles. The molecule has 20 heavy (non-hydrogen) atoms. The minimum absolute atomic E-state index is 0.0460. The summed E-state index contributed by atoms with van der Waals surface area (Å²) in [6.45, 7) is 2.76. The zero-order valence-electron chi connectivity index (χ0n) is 11.1. The third-order valence-corrected chi connectivity index (χ3v) is 3.35. The monoisotopic (exact) mass is 296 g/mol. The van der Waals surface area contributed by atoms with E-state index in [1.54, 1.807) is 29.2 Å². The van der Waals surface area contributed by atoms with E-state index in [1.165, 1.54) is 0 Å². The maximum absolute atomic E-state index is 11.9. The number of halogens is 1. The van der Waals surface area contributed by atoms with Crippen molar-refractivity contribution < 1.29 is 14.3 Å². The van der Waals surface area contributed by atoms with Gasteiger partial charge in [-0.25, -0.2) is 0 Å². The van der Waals surface area contributed by atoms with Crippen molar-refractivity contribution >= 4 is 23.4 Å². The van der Waals surface area contributed by atoms with Crippen molar-refractivity contribution in [2.75, 3.05) is 32.8 Å². The number of carbonyl (C=O) groups is 2. The summed E-state index contributed by atoms with van der Waals surface area (Å²) >= 11 is 5.76. The molecule has 0 radical (unpaired) electrons. The first kappa shape index (κ1) is 14.8. The maximum atomic E-state index is 11.9. The average Bonchev–Trinajstić information content (AvgIpc) is 2.48. The molecule has 108 valence electrons. The Morgan fingerprint density at radius 1 is 1.20 bits per heavy atom. The molecule has 5 nitrogen and oxygen atoms in total. The molecule has 0 atom stereocenters. The summed E-state index contributed by atoms with van der Waals surface area (Å²) in [5, 5.41) is 3.31. The lowest BCUT2D eigenvalue weighted by molar-refractivity contribution is -0.135. The summed E-state index contributed by atoms with van der Waals surface area (Å²) in [6, 6.07) is 6.63. The predicted octanol–water partition coefficient (Wildman–Crippen LogP) is 1.32. The van der Waals surface area contributed by atoms with E-state index >= 15 is 0 Å². The first-order valence-electron chi connectivity index (χ1n) is 6.56. The average molecular weight is 297 g/mol. The van der Waals surface area contributed by atoms with Crippen LogP contribution >= 0.6 is 11.6 Å². The predicted molar refractivity (Wildman–Crippen MR) is 75.8 cm³/mol. The molecule has 1 aliphatic rings. The molecule has 1 fully saturated rings. The molecular formula is C14H17ClN2O3. The van der Waals surface area contributed by atoms with Crippen molar-refractivity contribution in [2.24, 2.45) is 0 Å². The molecule has 0 aromatic heterocycles. The van der Waals surface area contributed by atoms with Crippen LogP contribution in [-0.4, -0.2) is 49.6 Å². The van der Waals surface area contributed by atoms with E-state index in [4.69, 9.17) is 16.3 Å². The number of ether oxygens (including phenoxy) is 1. The van der Waals surface area contributed by atoms with Crippen LogP contribution in [0.4, 0.5) is 0 Å². The number of nitrogens with zero attached hydrogens (tertiary/aromatic N) is 1. The van der Waals surface area contributed by atoms with Crippen LogP contribution in [0.2, 0.25) is 5.02 Å². The van der Waals surface area contributed by atoms with E-state index in [0.29, 0.717) is 49.9 Å². The van der Waals surface area contributed by atoms with Gasteiger partial charge in [0.1, 0.15) is 0 Å². The molecular weight excluding hydrogens is 280 g/mol. The molecule has 1 aromatic carbocycles. The number of benzene rings is 1. The topological polar surface area (TPSA) is 58.6 Å². The minimum Gasteiger partial charge on any atom is -0.378 e. The Morgan fingerprint density at radius 2 is 1.85 bits per heavy atom. The van der Waals surface area contributed by atoms with Crippen LogP contribution in [0.25, 0.3) is 0 Å². The fourth-order valence-electron chi connectivity index (χ4n) is 1.96. The smallest absolute Gasteiger partial charge is 0.251 e. The Balaban J connectivity index is 1.73. The Bertz CT molecular complexity index is 470. The largest absolute Gasteiger partial charge is 0.378 e. The molecule has 1 aliphatic heterocycles. The molecule has 2 amide bonds. The van der Waals surface area contributed by atoms with Crippen molar-refractivity contribution in [2.45, 2.75) is 6.42 Å². The molecule has 0 bridgehead atoms. The standard InChI is InChI=1S/C14H17ClN2O3/c15-12-3-1-11(2-4-12)14(19)16-6-5-13(18)17-7-9-20-10-8-17/h1-4H,5-10H2,(H,16,19). The van der Waals surface area contributed by atoms with Gasteiger partial charge in [-0.2, -0.15) is 0 Å². The van der Waals surface area contributed by atoms with E-state index < -0.39 is 0 Å². The van der Waals surface area contributed by atoms with Gasteiger partial charge in [0.15, 0.2) is 0 Å². The quantitative estimate of drug-likeness (QED) is 0.911. The number of rotatable bonds is 4. The number of hydrogen-bond acceptors (Lipinski definition) is 3. The van der Waals surface area contributed by atoms with E-state index in [2.05, 4.69) is 5.32 Å². The van der Waals surface area contributed by atoms with Gasteiger partial charge < -0.3 is 15.0 Å². The van der Waals surface area contributed by atoms with Crippen molar-refractivity contribution in [3.63, 3.8) is 0 Å². The van der Waals surface area contributed by atoms with Gasteiger partial charge in [0, 0.05) is 36.6 Å². The highest BCUT2D eigenvalue weighted by molar-refractivity contribution is 6.30. The van der Waals surface area contributed by atoms with Crippen molar-refractivity contribution in [1.82, 2.24) is 10.2 Å². The second kappa shape index (κ2) is 7.26. The fraction of sp³-hybridized carbons (Fsp3) is 0.429. The lowest BCUT2D eigenvalue weighted by Crippen LogP contribution is -2.42. The molecule has 0 spiro atoms. The van der Waals surface area contributed by atoms with Gasteiger partial charge in [-0.1, -0.05) is 11.6 Å². The van der Waals surface area contributed by atoms with Gasteiger partial charge in [-0.3, -0.25) is 9.59 Å². The lowest BCUT2D eigenvalue weighted by Gasteiger charge is -2.26. The van der Waals surface area contributed by atoms with Crippen LogP contribution in [-0.2, 0) is 9.53 Å². The normalized spacial score (nSPS) is 14.9. The van der Waals surface area contributed by atoms with E-state index in [0.717, 1.165) is 0 Å². The number of amides is 2. The van der Waals surface area contributed by atoms with E-state index in [1.807, 2.05) is 0 Å². The second-order valence-electron chi connectivity index (χ2n) is 4.51. The van der Waals surface area contributed by atoms with Crippen LogP contribution in [0, 0.1) is 0 Å². The first-order chi connectivity index (χ1) is 9.66. The Labute approximate surface area is 122 Å². The molecule has 2 rings (SSSR count). The number of nitrogens with one attached hydrogen (secondary N) is 1. The van der Waals surface area contributed by atoms with Crippen LogP contribution < -0.4 is 5.32 Å². The minimum atomic E-state index is -0.198. The zero-order chi connectivity index (χ0) is 14.4. The maximum Gasteiger partial charge on any atom is 0.251 e. The summed E-state index contributed by atoms with van der Waals surface area (Å²) in [6.07, 6.45) is 0.305. The summed E-state index contributed by atoms with van der Waals surface area (Å²) in [4.78, 5) is 25.4. The zero-order valence-corrected chi connectivity index (χ0v) is 11.9. The van der Waals surface area contributed by atoms with Crippen molar-refractivity contribution in [1.29, 1.82) is 0 Å². The van der Waals surface area contributed by atoms with Crippen molar-refractivity contribution in [3.05, 3.63) is 34.9 Å². The van der Waals surface area contributed by atoms with Gasteiger partial charge in [-0.15, -0.1) is 0 Å². The highest BCUT2D eigenvalue weighted by Gasteiger charge is 2.16. The number of morpholine rings is 1. The van der Waals surface area contributed by atoms with Crippen LogP contribution in [0.1, 0.15) is 16.8 Å². The molecule has 1 N–H and O–H groups in total. The highest BCUT2D eigenvalue weighted by Crippen LogP contribution is 2.09. The first-order valence-corrected chi connectivity index (χ1v) is 6.94. The van der Waals surface area contributed by atoms with E-state index in [-0.39, 0.29) is 11.8 Å². The van der Waals surface area contributed by atoms with E-state index in [9.17, 15) is 9.59 Å². The number of hydrogen-bond donors (Lipinski definition) is 1. The molecule has 1 aromatic rings. The molecule has 0 aliphatic carbocycles. The second-order valence-corrected chi connectivity index (χ2v) is 4.94. The van der Waals surface area contributed by atoms with Gasteiger partial charge in [0.05, 0.1) is 13.2 Å². The molecule has 1 saturated heterocycles. The van der Waals surface area contributed by atoms with Gasteiger partial charge >= 0.3 is 0 Å². The number of carbonyl (C=O) groups excluding carboxylic acids is 2. The molecule has 0 unspecified atom stereocenters. The highest BCUT2D eigenvalue weighted by atomic mass is 35.5. The summed E-state index contributed by atoms with van der Waals surface area (Å²) in [5.74, 6) is -0.152. The molecule has 0 saturated carbocycles. The lowest BCUT2D eigenvalue weighted by atomic mass is 10.2. The third kappa shape index (κ3) is 4.21. The third-order valence-electron chi connectivity index (χ3n) is 3.09.